The molecule has 2 heterocycles. The largest absolute Gasteiger partial charge is 0.382 e. The number of sulfone groups is 1. The van der Waals surface area contributed by atoms with Gasteiger partial charge in [-0.25, -0.2) is 17.2 Å². The molecule has 0 fully saturated rings. The minimum Gasteiger partial charge on any atom is -0.382 e. The number of nitrogens with zero attached hydrogens (tertiary/aromatic N) is 2. The van der Waals surface area contributed by atoms with E-state index in [1.165, 1.54) is 6.20 Å². The third kappa shape index (κ3) is 2.66. The van der Waals surface area contributed by atoms with E-state index in [4.69, 9.17) is 0 Å². The van der Waals surface area contributed by atoms with Crippen molar-refractivity contribution in [2.75, 3.05) is 6.26 Å². The van der Waals surface area contributed by atoms with Crippen molar-refractivity contribution in [2.24, 2.45) is 0 Å². The van der Waals surface area contributed by atoms with Gasteiger partial charge in [-0.3, -0.25) is 4.98 Å². The molecular formula is C18H20F2N2O3S. The maximum Gasteiger partial charge on any atom is 0.278 e. The van der Waals surface area contributed by atoms with Crippen LogP contribution in [0.2, 0.25) is 0 Å². The zero-order chi connectivity index (χ0) is 18.7. The van der Waals surface area contributed by atoms with Crippen molar-refractivity contribution in [1.29, 1.82) is 0 Å². The Morgan fingerprint density at radius 3 is 2.85 bits per heavy atom. The molecule has 0 bridgehead atoms. The fourth-order valence-electron chi connectivity index (χ4n) is 4.17. The van der Waals surface area contributed by atoms with E-state index in [9.17, 15) is 22.3 Å². The number of fused-ring (bicyclic) bond motifs is 2. The Labute approximate surface area is 150 Å². The molecule has 4 rings (SSSR count). The van der Waals surface area contributed by atoms with E-state index in [0.29, 0.717) is 5.69 Å². The van der Waals surface area contributed by atoms with E-state index >= 15 is 0 Å². The molecule has 5 nitrogen and oxygen atoms in total. The van der Waals surface area contributed by atoms with Crippen LogP contribution in [-0.2, 0) is 22.7 Å². The Morgan fingerprint density at radius 2 is 2.12 bits per heavy atom. The molecule has 0 radical (unpaired) electrons. The number of pyridine rings is 1. The van der Waals surface area contributed by atoms with Crippen molar-refractivity contribution >= 4 is 9.84 Å². The molecule has 2 atom stereocenters. The maximum absolute atomic E-state index is 14.1. The van der Waals surface area contributed by atoms with Gasteiger partial charge in [-0.1, -0.05) is 6.07 Å². The van der Waals surface area contributed by atoms with Crippen LogP contribution < -0.4 is 0 Å². The fourth-order valence-corrected chi connectivity index (χ4v) is 5.11. The first-order valence-corrected chi connectivity index (χ1v) is 10.5. The summed E-state index contributed by atoms with van der Waals surface area (Å²) in [5, 5.41) is 10.2. The second-order valence-corrected chi connectivity index (χ2v) is 9.14. The molecule has 2 aliphatic rings. The van der Waals surface area contributed by atoms with E-state index in [2.05, 4.69) is 4.98 Å². The fraction of sp³-hybridized carbons (Fsp3) is 0.500. The van der Waals surface area contributed by atoms with Gasteiger partial charge in [0.2, 0.25) is 0 Å². The molecule has 0 aliphatic heterocycles. The molecule has 8 heteroatoms. The Hall–Kier alpha value is -1.80. The minimum absolute atomic E-state index is 0.0214. The second-order valence-electron chi connectivity index (χ2n) is 7.15. The molecule has 0 saturated carbocycles. The second kappa shape index (κ2) is 5.85. The number of hydrogen-bond donors (Lipinski definition) is 1. The highest BCUT2D eigenvalue weighted by molar-refractivity contribution is 7.90. The van der Waals surface area contributed by atoms with Crippen molar-refractivity contribution in [2.45, 2.75) is 55.1 Å². The van der Waals surface area contributed by atoms with Gasteiger partial charge in [0.05, 0.1) is 16.6 Å². The highest BCUT2D eigenvalue weighted by atomic mass is 32.2. The molecule has 0 spiro atoms. The first kappa shape index (κ1) is 17.6. The van der Waals surface area contributed by atoms with Crippen LogP contribution in [0.3, 0.4) is 0 Å². The smallest absolute Gasteiger partial charge is 0.278 e. The number of rotatable bonds is 2. The first-order chi connectivity index (χ1) is 12.2. The van der Waals surface area contributed by atoms with E-state index in [1.54, 1.807) is 10.8 Å². The standard InChI is InChI=1S/C18H20F2N2O3S/c1-26(24,25)14-10-22(12-7-8-18(19,20)17(23)15(12)14)13-6-2-4-11-5-3-9-21-16(11)13/h3,5,9-10,13,17,23H,2,4,6-8H2,1H3/t13?,17-/m0/s1. The summed E-state index contributed by atoms with van der Waals surface area (Å²) >= 11 is 0. The van der Waals surface area contributed by atoms with E-state index in [-0.39, 0.29) is 22.9 Å². The summed E-state index contributed by atoms with van der Waals surface area (Å²) in [4.78, 5) is 4.26. The highest BCUT2D eigenvalue weighted by Crippen LogP contribution is 2.46. The van der Waals surface area contributed by atoms with Crippen LogP contribution in [0.4, 0.5) is 8.78 Å². The molecule has 0 amide bonds. The first-order valence-electron chi connectivity index (χ1n) is 8.63. The lowest BCUT2D eigenvalue weighted by atomic mass is 9.89. The minimum atomic E-state index is -3.76. The summed E-state index contributed by atoms with van der Waals surface area (Å²) in [7, 11) is -3.76. The molecule has 1 unspecified atom stereocenters. The van der Waals surface area contributed by atoms with Crippen LogP contribution in [0.1, 0.15) is 53.9 Å². The number of aryl methyl sites for hydroxylation is 1. The van der Waals surface area contributed by atoms with Crippen molar-refractivity contribution in [1.82, 2.24) is 9.55 Å². The Balaban J connectivity index is 1.93. The summed E-state index contributed by atoms with van der Waals surface area (Å²) in [6.07, 6.45) is 4.05. The van der Waals surface area contributed by atoms with Crippen LogP contribution in [0.5, 0.6) is 0 Å². The van der Waals surface area contributed by atoms with Crippen molar-refractivity contribution in [3.05, 3.63) is 47.0 Å². The van der Waals surface area contributed by atoms with Gasteiger partial charge in [0, 0.05) is 36.3 Å². The van der Waals surface area contributed by atoms with E-state index in [0.717, 1.165) is 36.8 Å². The highest BCUT2D eigenvalue weighted by Gasteiger charge is 2.48. The van der Waals surface area contributed by atoms with Crippen molar-refractivity contribution < 1.29 is 22.3 Å². The number of halogens is 2. The van der Waals surface area contributed by atoms with Gasteiger partial charge in [0.25, 0.3) is 5.92 Å². The molecule has 140 valence electrons. The van der Waals surface area contributed by atoms with E-state index < -0.39 is 28.3 Å². The molecular weight excluding hydrogens is 362 g/mol. The molecule has 0 aromatic carbocycles. The SMILES string of the molecule is CS(=O)(=O)c1cn(C2CCCc3cccnc32)c2c1[C@H](O)C(F)(F)CC2. The number of aliphatic hydroxyl groups is 1. The molecule has 26 heavy (non-hydrogen) atoms. The number of aliphatic hydroxyl groups excluding tert-OH is 1. The van der Waals surface area contributed by atoms with Crippen molar-refractivity contribution in [3.63, 3.8) is 0 Å². The van der Waals surface area contributed by atoms with Gasteiger partial charge in [0.15, 0.2) is 9.84 Å². The zero-order valence-corrected chi connectivity index (χ0v) is 15.1. The normalized spacial score (nSPS) is 24.8. The van der Waals surface area contributed by atoms with Gasteiger partial charge in [-0.15, -0.1) is 0 Å². The molecule has 2 aromatic rings. The van der Waals surface area contributed by atoms with Crippen molar-refractivity contribution in [3.8, 4) is 0 Å². The Kier molecular flexibility index (Phi) is 3.96. The lowest BCUT2D eigenvalue weighted by Crippen LogP contribution is -2.33. The Bertz CT molecular complexity index is 969. The summed E-state index contributed by atoms with van der Waals surface area (Å²) < 4.78 is 54.3. The average Bonchev–Trinajstić information content (AvgIpc) is 2.98. The molecule has 2 aliphatic carbocycles. The monoisotopic (exact) mass is 382 g/mol. The summed E-state index contributed by atoms with van der Waals surface area (Å²) in [6.45, 7) is 0. The molecule has 0 saturated heterocycles. The van der Waals surface area contributed by atoms with Crippen LogP contribution in [0.25, 0.3) is 0 Å². The lowest BCUT2D eigenvalue weighted by Gasteiger charge is -2.32. The maximum atomic E-state index is 14.1. The van der Waals surface area contributed by atoms with Crippen LogP contribution in [-0.4, -0.2) is 35.3 Å². The predicted octanol–water partition coefficient (Wildman–Crippen LogP) is 2.83. The van der Waals surface area contributed by atoms with Gasteiger partial charge < -0.3 is 9.67 Å². The summed E-state index contributed by atoms with van der Waals surface area (Å²) in [5.41, 5.74) is 2.27. The lowest BCUT2D eigenvalue weighted by molar-refractivity contribution is -0.123. The molecule has 2 aromatic heterocycles. The topological polar surface area (TPSA) is 72.2 Å². The third-order valence-corrected chi connectivity index (χ3v) is 6.54. The Morgan fingerprint density at radius 1 is 1.35 bits per heavy atom. The van der Waals surface area contributed by atoms with Gasteiger partial charge in [-0.2, -0.15) is 0 Å². The zero-order valence-electron chi connectivity index (χ0n) is 14.3. The third-order valence-electron chi connectivity index (χ3n) is 5.41. The number of alkyl halides is 2. The summed E-state index contributed by atoms with van der Waals surface area (Å²) in [6, 6.07) is 3.65. The van der Waals surface area contributed by atoms with Crippen LogP contribution >= 0.6 is 0 Å². The van der Waals surface area contributed by atoms with Gasteiger partial charge in [-0.05, 0) is 37.3 Å². The average molecular weight is 382 g/mol. The van der Waals surface area contributed by atoms with Gasteiger partial charge in [0.1, 0.15) is 6.10 Å². The van der Waals surface area contributed by atoms with Crippen LogP contribution in [0.15, 0.2) is 29.4 Å². The number of aromatic nitrogens is 2. The van der Waals surface area contributed by atoms with E-state index in [1.807, 2.05) is 12.1 Å². The summed E-state index contributed by atoms with van der Waals surface area (Å²) in [5.74, 6) is -3.33. The number of hydrogen-bond acceptors (Lipinski definition) is 4. The molecule has 1 N–H and O–H groups in total. The predicted molar refractivity (Wildman–Crippen MR) is 91.1 cm³/mol. The van der Waals surface area contributed by atoms with Gasteiger partial charge >= 0.3 is 0 Å². The van der Waals surface area contributed by atoms with Crippen LogP contribution in [0, 0.1) is 0 Å². The quantitative estimate of drug-likeness (QED) is 0.867.